The van der Waals surface area contributed by atoms with Crippen molar-refractivity contribution in [2.75, 3.05) is 5.32 Å². The van der Waals surface area contributed by atoms with E-state index in [-0.39, 0.29) is 10.8 Å². The molecular weight excluding hydrogens is 231 g/mol. The molecule has 8 heteroatoms. The van der Waals surface area contributed by atoms with E-state index < -0.39 is 5.82 Å². The third kappa shape index (κ3) is 2.11. The van der Waals surface area contributed by atoms with Crippen molar-refractivity contribution in [3.05, 3.63) is 30.3 Å². The molecule has 1 aromatic heterocycles. The summed E-state index contributed by atoms with van der Waals surface area (Å²) in [6.07, 6.45) is 1.29. The number of tetrazole rings is 1. The van der Waals surface area contributed by atoms with Crippen LogP contribution in [-0.2, 0) is 0 Å². The predicted molar refractivity (Wildman–Crippen MR) is 59.5 cm³/mol. The predicted octanol–water partition coefficient (Wildman–Crippen LogP) is 0.457. The molecule has 0 aliphatic rings. The minimum atomic E-state index is -0.444. The summed E-state index contributed by atoms with van der Waals surface area (Å²) in [6.45, 7) is 0. The van der Waals surface area contributed by atoms with Crippen molar-refractivity contribution in [1.82, 2.24) is 20.2 Å². The average Bonchev–Trinajstić information content (AvgIpc) is 2.73. The van der Waals surface area contributed by atoms with Crippen LogP contribution in [0.15, 0.2) is 24.5 Å². The van der Waals surface area contributed by atoms with Gasteiger partial charge in [0.2, 0.25) is 0 Å². The molecule has 2 rings (SSSR count). The molecule has 0 amide bonds. The summed E-state index contributed by atoms with van der Waals surface area (Å²) in [7, 11) is 0. The summed E-state index contributed by atoms with van der Waals surface area (Å²) in [5.74, 6) is -0.444. The van der Waals surface area contributed by atoms with Crippen LogP contribution < -0.4 is 11.1 Å². The number of nitrogens with two attached hydrogens (primary N) is 1. The lowest BCUT2D eigenvalue weighted by Crippen LogP contribution is -2.19. The fourth-order valence-corrected chi connectivity index (χ4v) is 1.30. The standard InChI is InChI=1S/C8H7FN6S/c9-6-2-1-5(12-8(10)16)3-7(6)15-4-11-13-14-15/h1-4H,(H3,10,12,16). The Hall–Kier alpha value is -2.09. The molecule has 0 aliphatic carbocycles. The van der Waals surface area contributed by atoms with Gasteiger partial charge in [-0.05, 0) is 40.8 Å². The maximum atomic E-state index is 13.5. The van der Waals surface area contributed by atoms with Crippen molar-refractivity contribution in [1.29, 1.82) is 0 Å². The van der Waals surface area contributed by atoms with E-state index in [0.29, 0.717) is 5.69 Å². The first-order valence-corrected chi connectivity index (χ1v) is 4.67. The fourth-order valence-electron chi connectivity index (χ4n) is 1.18. The maximum Gasteiger partial charge on any atom is 0.168 e. The first kappa shape index (κ1) is 10.4. The van der Waals surface area contributed by atoms with E-state index in [0.717, 1.165) is 0 Å². The zero-order chi connectivity index (χ0) is 11.5. The number of rotatable bonds is 2. The Bertz CT molecular complexity index is 511. The Morgan fingerprint density at radius 1 is 1.50 bits per heavy atom. The highest BCUT2D eigenvalue weighted by Crippen LogP contribution is 2.17. The van der Waals surface area contributed by atoms with Crippen LogP contribution in [0.2, 0.25) is 0 Å². The van der Waals surface area contributed by atoms with Gasteiger partial charge in [0.15, 0.2) is 5.11 Å². The second-order valence-corrected chi connectivity index (χ2v) is 3.35. The van der Waals surface area contributed by atoms with Gasteiger partial charge in [-0.2, -0.15) is 4.68 Å². The van der Waals surface area contributed by atoms with Crippen LogP contribution in [0.25, 0.3) is 5.69 Å². The number of nitrogens with one attached hydrogen (secondary N) is 1. The molecule has 16 heavy (non-hydrogen) atoms. The third-order valence-electron chi connectivity index (χ3n) is 1.81. The quantitative estimate of drug-likeness (QED) is 0.739. The number of nitrogens with zero attached hydrogens (tertiary/aromatic N) is 4. The largest absolute Gasteiger partial charge is 0.376 e. The van der Waals surface area contributed by atoms with Crippen LogP contribution in [0, 0.1) is 5.82 Å². The molecule has 0 saturated heterocycles. The molecule has 0 unspecified atom stereocenters. The molecule has 2 aromatic rings. The van der Waals surface area contributed by atoms with Gasteiger partial charge in [-0.25, -0.2) is 4.39 Å². The Labute approximate surface area is 95.3 Å². The van der Waals surface area contributed by atoms with Crippen molar-refractivity contribution >= 4 is 23.0 Å². The van der Waals surface area contributed by atoms with E-state index in [1.54, 1.807) is 0 Å². The molecule has 0 saturated carbocycles. The van der Waals surface area contributed by atoms with Crippen LogP contribution in [-0.4, -0.2) is 25.3 Å². The number of aromatic nitrogens is 4. The minimum Gasteiger partial charge on any atom is -0.376 e. The summed E-state index contributed by atoms with van der Waals surface area (Å²) in [4.78, 5) is 0. The molecular formula is C8H7FN6S. The third-order valence-corrected chi connectivity index (χ3v) is 1.91. The summed E-state index contributed by atoms with van der Waals surface area (Å²) >= 11 is 4.68. The molecule has 0 atom stereocenters. The number of hydrogen-bond donors (Lipinski definition) is 2. The van der Waals surface area contributed by atoms with Crippen LogP contribution in [0.1, 0.15) is 0 Å². The number of benzene rings is 1. The van der Waals surface area contributed by atoms with Crippen LogP contribution in [0.3, 0.4) is 0 Å². The van der Waals surface area contributed by atoms with E-state index >= 15 is 0 Å². The Kier molecular flexibility index (Phi) is 2.73. The monoisotopic (exact) mass is 238 g/mol. The van der Waals surface area contributed by atoms with Gasteiger partial charge in [0.1, 0.15) is 17.8 Å². The maximum absolute atomic E-state index is 13.5. The van der Waals surface area contributed by atoms with E-state index in [4.69, 9.17) is 5.73 Å². The highest BCUT2D eigenvalue weighted by atomic mass is 32.1. The summed E-state index contributed by atoms with van der Waals surface area (Å²) in [5, 5.41) is 13.2. The summed E-state index contributed by atoms with van der Waals surface area (Å²) < 4.78 is 14.7. The Morgan fingerprint density at radius 3 is 2.94 bits per heavy atom. The average molecular weight is 238 g/mol. The van der Waals surface area contributed by atoms with Gasteiger partial charge in [-0.1, -0.05) is 0 Å². The minimum absolute atomic E-state index is 0.106. The second kappa shape index (κ2) is 4.19. The van der Waals surface area contributed by atoms with Crippen molar-refractivity contribution in [2.45, 2.75) is 0 Å². The van der Waals surface area contributed by atoms with Gasteiger partial charge < -0.3 is 11.1 Å². The molecule has 0 spiro atoms. The first-order chi connectivity index (χ1) is 7.66. The summed E-state index contributed by atoms with van der Waals surface area (Å²) in [5.41, 5.74) is 6.09. The lowest BCUT2D eigenvalue weighted by molar-refractivity contribution is 0.607. The van der Waals surface area contributed by atoms with E-state index in [2.05, 4.69) is 33.1 Å². The van der Waals surface area contributed by atoms with Gasteiger partial charge in [-0.15, -0.1) is 5.10 Å². The highest BCUT2D eigenvalue weighted by molar-refractivity contribution is 7.80. The number of halogens is 1. The topological polar surface area (TPSA) is 81.6 Å². The molecule has 0 radical (unpaired) electrons. The van der Waals surface area contributed by atoms with Gasteiger partial charge in [0, 0.05) is 5.69 Å². The fraction of sp³-hybridized carbons (Fsp3) is 0. The zero-order valence-electron chi connectivity index (χ0n) is 7.96. The number of anilines is 1. The Morgan fingerprint density at radius 2 is 2.31 bits per heavy atom. The van der Waals surface area contributed by atoms with Crippen molar-refractivity contribution in [3.63, 3.8) is 0 Å². The molecule has 0 fully saturated rings. The van der Waals surface area contributed by atoms with Crippen molar-refractivity contribution in [2.24, 2.45) is 5.73 Å². The SMILES string of the molecule is NC(=S)Nc1ccc(F)c(-n2cnnn2)c1. The van der Waals surface area contributed by atoms with Gasteiger partial charge in [0.25, 0.3) is 0 Å². The molecule has 82 valence electrons. The highest BCUT2D eigenvalue weighted by Gasteiger charge is 2.07. The lowest BCUT2D eigenvalue weighted by Gasteiger charge is -2.06. The second-order valence-electron chi connectivity index (χ2n) is 2.91. The normalized spacial score (nSPS) is 10.1. The number of hydrogen-bond acceptors (Lipinski definition) is 4. The molecule has 6 nitrogen and oxygen atoms in total. The smallest absolute Gasteiger partial charge is 0.168 e. The molecule has 0 aliphatic heterocycles. The van der Waals surface area contributed by atoms with Crippen LogP contribution in [0.4, 0.5) is 10.1 Å². The van der Waals surface area contributed by atoms with E-state index in [1.165, 1.54) is 29.2 Å². The van der Waals surface area contributed by atoms with Crippen molar-refractivity contribution < 1.29 is 4.39 Å². The number of thiocarbonyl (C=S) groups is 1. The molecule has 0 bridgehead atoms. The van der Waals surface area contributed by atoms with Crippen LogP contribution in [0.5, 0.6) is 0 Å². The molecule has 3 N–H and O–H groups in total. The lowest BCUT2D eigenvalue weighted by atomic mass is 10.2. The Balaban J connectivity index is 2.41. The van der Waals surface area contributed by atoms with E-state index in [1.807, 2.05) is 0 Å². The molecule has 1 heterocycles. The van der Waals surface area contributed by atoms with Gasteiger partial charge in [0.05, 0.1) is 0 Å². The van der Waals surface area contributed by atoms with Crippen LogP contribution >= 0.6 is 12.2 Å². The van der Waals surface area contributed by atoms with Gasteiger partial charge in [-0.3, -0.25) is 0 Å². The van der Waals surface area contributed by atoms with Crippen molar-refractivity contribution in [3.8, 4) is 5.69 Å². The first-order valence-electron chi connectivity index (χ1n) is 4.26. The summed E-state index contributed by atoms with van der Waals surface area (Å²) in [6, 6.07) is 4.30. The van der Waals surface area contributed by atoms with Gasteiger partial charge >= 0.3 is 0 Å². The van der Waals surface area contributed by atoms with E-state index in [9.17, 15) is 4.39 Å². The molecule has 1 aromatic carbocycles. The zero-order valence-corrected chi connectivity index (χ0v) is 8.78.